The van der Waals surface area contributed by atoms with Crippen molar-refractivity contribution in [3.05, 3.63) is 243 Å². The monoisotopic (exact) mass is 788 g/mol. The molecule has 2 aromatic heterocycles. The Kier molecular flexibility index (Phi) is 9.57. The Bertz CT molecular complexity index is 3030. The van der Waals surface area contributed by atoms with Crippen LogP contribution in [0.3, 0.4) is 0 Å². The van der Waals surface area contributed by atoms with Crippen molar-refractivity contribution in [2.45, 2.75) is 0 Å². The van der Waals surface area contributed by atoms with Crippen LogP contribution in [0, 0.1) is 0 Å². The zero-order valence-electron chi connectivity index (χ0n) is 34.0. The minimum absolute atomic E-state index is 0.947. The van der Waals surface area contributed by atoms with Crippen molar-refractivity contribution in [1.82, 2.24) is 9.97 Å². The SMILES string of the molecule is c1ccc(-c2cc(-c3cccc(-c4c(-c5cccc(-c6cc(-c7ccccc7)nc(-c7ccccc7)c6)c5)c5ccccc5c5ccccc45)c3)cc(-c3ccccc3)n2)cc1. The molecule has 0 aliphatic rings. The second kappa shape index (κ2) is 16.1. The van der Waals surface area contributed by atoms with Gasteiger partial charge in [0.2, 0.25) is 0 Å². The first-order chi connectivity index (χ1) is 30.7. The molecular weight excluding hydrogens is 749 g/mol. The van der Waals surface area contributed by atoms with E-state index in [1.165, 1.54) is 32.7 Å². The van der Waals surface area contributed by atoms with E-state index in [4.69, 9.17) is 9.97 Å². The Morgan fingerprint density at radius 2 is 0.435 bits per heavy atom. The predicted molar refractivity (Wildman–Crippen MR) is 261 cm³/mol. The van der Waals surface area contributed by atoms with Crippen molar-refractivity contribution < 1.29 is 0 Å². The Hall–Kier alpha value is -8.20. The number of pyridine rings is 2. The van der Waals surface area contributed by atoms with Gasteiger partial charge in [0.1, 0.15) is 0 Å². The molecule has 62 heavy (non-hydrogen) atoms. The van der Waals surface area contributed by atoms with Crippen LogP contribution in [0.5, 0.6) is 0 Å². The summed E-state index contributed by atoms with van der Waals surface area (Å²) in [5.74, 6) is 0. The molecule has 2 heterocycles. The molecule has 0 spiro atoms. The Balaban J connectivity index is 1.12. The highest BCUT2D eigenvalue weighted by Crippen LogP contribution is 2.46. The zero-order valence-corrected chi connectivity index (χ0v) is 34.0. The maximum absolute atomic E-state index is 5.18. The largest absolute Gasteiger partial charge is 0.248 e. The minimum atomic E-state index is 0.947. The highest BCUT2D eigenvalue weighted by atomic mass is 14.7. The van der Waals surface area contributed by atoms with Crippen LogP contribution >= 0.6 is 0 Å². The molecule has 9 aromatic carbocycles. The normalized spacial score (nSPS) is 11.2. The van der Waals surface area contributed by atoms with Crippen LogP contribution in [-0.4, -0.2) is 9.97 Å². The molecule has 0 radical (unpaired) electrons. The summed E-state index contributed by atoms with van der Waals surface area (Å²) < 4.78 is 0. The van der Waals surface area contributed by atoms with Gasteiger partial charge in [0, 0.05) is 22.3 Å². The van der Waals surface area contributed by atoms with Gasteiger partial charge in [-0.05, 0) is 102 Å². The van der Waals surface area contributed by atoms with E-state index < -0.39 is 0 Å². The molecule has 0 aliphatic heterocycles. The van der Waals surface area contributed by atoms with Gasteiger partial charge in [-0.1, -0.05) is 206 Å². The van der Waals surface area contributed by atoms with E-state index in [1.807, 2.05) is 0 Å². The molecule has 0 saturated carbocycles. The number of aromatic nitrogens is 2. The lowest BCUT2D eigenvalue weighted by atomic mass is 9.83. The number of rotatable bonds is 8. The summed E-state index contributed by atoms with van der Waals surface area (Å²) in [5, 5.41) is 4.91. The molecule has 0 N–H and O–H groups in total. The topological polar surface area (TPSA) is 25.8 Å². The van der Waals surface area contributed by atoms with Gasteiger partial charge in [0.15, 0.2) is 0 Å². The zero-order chi connectivity index (χ0) is 41.2. The molecule has 0 bridgehead atoms. The van der Waals surface area contributed by atoms with Gasteiger partial charge in [-0.3, -0.25) is 0 Å². The molecule has 290 valence electrons. The summed E-state index contributed by atoms with van der Waals surface area (Å²) in [6, 6.07) is 86.7. The van der Waals surface area contributed by atoms with E-state index >= 15 is 0 Å². The molecule has 2 heteroatoms. The van der Waals surface area contributed by atoms with Gasteiger partial charge in [0.25, 0.3) is 0 Å². The molecule has 2 nitrogen and oxygen atoms in total. The van der Waals surface area contributed by atoms with Gasteiger partial charge in [-0.15, -0.1) is 0 Å². The highest BCUT2D eigenvalue weighted by molar-refractivity contribution is 6.21. The van der Waals surface area contributed by atoms with Gasteiger partial charge in [-0.25, -0.2) is 9.97 Å². The fraction of sp³-hybridized carbons (Fsp3) is 0. The Morgan fingerprint density at radius 3 is 0.758 bits per heavy atom. The van der Waals surface area contributed by atoms with Crippen LogP contribution in [0.25, 0.3) is 111 Å². The number of hydrogen-bond acceptors (Lipinski definition) is 2. The first-order valence-corrected chi connectivity index (χ1v) is 21.1. The number of benzene rings is 9. The van der Waals surface area contributed by atoms with Crippen LogP contribution in [0.1, 0.15) is 0 Å². The fourth-order valence-electron chi connectivity index (χ4n) is 8.87. The van der Waals surface area contributed by atoms with Crippen molar-refractivity contribution in [3.63, 3.8) is 0 Å². The first-order valence-electron chi connectivity index (χ1n) is 21.1. The summed E-state index contributed by atoms with van der Waals surface area (Å²) in [5.41, 5.74) is 17.4. The van der Waals surface area contributed by atoms with Crippen molar-refractivity contribution in [2.75, 3.05) is 0 Å². The van der Waals surface area contributed by atoms with E-state index in [9.17, 15) is 0 Å². The molecular formula is C60H40N2. The van der Waals surface area contributed by atoms with Crippen LogP contribution in [0.15, 0.2) is 243 Å². The lowest BCUT2D eigenvalue weighted by molar-refractivity contribution is 1.32. The van der Waals surface area contributed by atoms with Gasteiger partial charge >= 0.3 is 0 Å². The predicted octanol–water partition coefficient (Wildman–Crippen LogP) is 16.1. The van der Waals surface area contributed by atoms with Gasteiger partial charge < -0.3 is 0 Å². The summed E-state index contributed by atoms with van der Waals surface area (Å²) >= 11 is 0. The molecule has 0 saturated heterocycles. The van der Waals surface area contributed by atoms with Crippen LogP contribution in [0.4, 0.5) is 0 Å². The molecule has 0 fully saturated rings. The first kappa shape index (κ1) is 36.8. The number of fused-ring (bicyclic) bond motifs is 3. The van der Waals surface area contributed by atoms with Crippen molar-refractivity contribution >= 4 is 21.5 Å². The molecule has 11 aromatic rings. The maximum Gasteiger partial charge on any atom is 0.0715 e. The van der Waals surface area contributed by atoms with E-state index in [0.717, 1.165) is 78.4 Å². The number of nitrogens with zero attached hydrogens (tertiary/aromatic N) is 2. The van der Waals surface area contributed by atoms with E-state index in [1.54, 1.807) is 0 Å². The van der Waals surface area contributed by atoms with E-state index in [-0.39, 0.29) is 0 Å². The quantitative estimate of drug-likeness (QED) is 0.143. The summed E-state index contributed by atoms with van der Waals surface area (Å²) in [6.07, 6.45) is 0. The standard InChI is InChI=1S/C60H40N2/c1-5-19-41(20-6-1)55-37-49(38-56(61-55)42-21-7-2-8-22-42)45-27-17-29-47(35-45)59-53-33-15-13-31-51(53)52-32-14-16-34-54(52)60(59)48-30-18-28-46(36-48)50-39-57(43-23-9-3-10-24-43)62-58(40-50)44-25-11-4-12-26-44/h1-40H. The molecule has 0 aliphatic carbocycles. The third kappa shape index (κ3) is 7.04. The summed E-state index contributed by atoms with van der Waals surface area (Å²) in [4.78, 5) is 10.4. The van der Waals surface area contributed by atoms with Crippen LogP contribution in [-0.2, 0) is 0 Å². The molecule has 0 unspecified atom stereocenters. The highest BCUT2D eigenvalue weighted by Gasteiger charge is 2.20. The van der Waals surface area contributed by atoms with E-state index in [2.05, 4.69) is 243 Å². The van der Waals surface area contributed by atoms with Crippen molar-refractivity contribution in [2.24, 2.45) is 0 Å². The van der Waals surface area contributed by atoms with Gasteiger partial charge in [-0.2, -0.15) is 0 Å². The lowest BCUT2D eigenvalue weighted by Crippen LogP contribution is -1.94. The van der Waals surface area contributed by atoms with E-state index in [0.29, 0.717) is 0 Å². The Morgan fingerprint density at radius 1 is 0.177 bits per heavy atom. The second-order valence-electron chi connectivity index (χ2n) is 15.7. The van der Waals surface area contributed by atoms with Crippen LogP contribution < -0.4 is 0 Å². The lowest BCUT2D eigenvalue weighted by Gasteiger charge is -2.20. The average Bonchev–Trinajstić information content (AvgIpc) is 3.37. The van der Waals surface area contributed by atoms with Gasteiger partial charge in [0.05, 0.1) is 22.8 Å². The Labute approximate surface area is 362 Å². The van der Waals surface area contributed by atoms with Crippen molar-refractivity contribution in [1.29, 1.82) is 0 Å². The average molecular weight is 789 g/mol. The summed E-state index contributed by atoms with van der Waals surface area (Å²) in [6.45, 7) is 0. The second-order valence-corrected chi connectivity index (χ2v) is 15.7. The molecule has 11 rings (SSSR count). The third-order valence-electron chi connectivity index (χ3n) is 11.8. The molecule has 0 atom stereocenters. The maximum atomic E-state index is 5.18. The molecule has 0 amide bonds. The minimum Gasteiger partial charge on any atom is -0.248 e. The summed E-state index contributed by atoms with van der Waals surface area (Å²) in [7, 11) is 0. The third-order valence-corrected chi connectivity index (χ3v) is 11.8. The number of hydrogen-bond donors (Lipinski definition) is 0. The smallest absolute Gasteiger partial charge is 0.0715 e. The van der Waals surface area contributed by atoms with Crippen molar-refractivity contribution in [3.8, 4) is 89.5 Å². The van der Waals surface area contributed by atoms with Crippen LogP contribution in [0.2, 0.25) is 0 Å². The fourth-order valence-corrected chi connectivity index (χ4v) is 8.87.